The molecule has 9 heteroatoms. The highest BCUT2D eigenvalue weighted by Crippen LogP contribution is 2.22. The number of thioether (sulfide) groups is 1. The van der Waals surface area contributed by atoms with Gasteiger partial charge in [-0.3, -0.25) is 9.59 Å². The molecule has 3 rings (SSSR count). The third-order valence-electron chi connectivity index (χ3n) is 3.72. The van der Waals surface area contributed by atoms with Crippen LogP contribution in [0.25, 0.3) is 11.3 Å². The Hall–Kier alpha value is -2.78. The van der Waals surface area contributed by atoms with Crippen LogP contribution in [-0.4, -0.2) is 39.2 Å². The van der Waals surface area contributed by atoms with Crippen LogP contribution < -0.4 is 5.32 Å². The van der Waals surface area contributed by atoms with Crippen LogP contribution in [0.1, 0.15) is 19.0 Å². The largest absolute Gasteiger partial charge is 0.466 e. The monoisotopic (exact) mass is 428 g/mol. The summed E-state index contributed by atoms with van der Waals surface area (Å²) in [7, 11) is 0. The number of anilines is 1. The summed E-state index contributed by atoms with van der Waals surface area (Å²) in [4.78, 5) is 36.4. The fourth-order valence-corrected chi connectivity index (χ4v) is 3.96. The van der Waals surface area contributed by atoms with Gasteiger partial charge in [-0.2, -0.15) is 0 Å². The van der Waals surface area contributed by atoms with E-state index in [-0.39, 0.29) is 18.3 Å². The molecule has 0 spiro atoms. The maximum absolute atomic E-state index is 12.1. The Kier molecular flexibility index (Phi) is 7.71. The number of rotatable bonds is 9. The number of ether oxygens (including phenoxy) is 1. The van der Waals surface area contributed by atoms with Crippen molar-refractivity contribution in [1.82, 2.24) is 15.0 Å². The van der Waals surface area contributed by atoms with Gasteiger partial charge in [0.05, 0.1) is 29.4 Å². The maximum Gasteiger partial charge on any atom is 0.311 e. The van der Waals surface area contributed by atoms with Gasteiger partial charge in [0.25, 0.3) is 0 Å². The lowest BCUT2D eigenvalue weighted by atomic mass is 10.1. The van der Waals surface area contributed by atoms with Crippen LogP contribution in [0, 0.1) is 0 Å². The van der Waals surface area contributed by atoms with Crippen molar-refractivity contribution in [2.24, 2.45) is 0 Å². The number of aromatic nitrogens is 3. The quantitative estimate of drug-likeness (QED) is 0.314. The summed E-state index contributed by atoms with van der Waals surface area (Å²) in [5.41, 5.74) is 2.47. The lowest BCUT2D eigenvalue weighted by Gasteiger charge is -2.04. The van der Waals surface area contributed by atoms with Crippen LogP contribution >= 0.6 is 23.1 Å². The van der Waals surface area contributed by atoms with E-state index in [4.69, 9.17) is 4.74 Å². The zero-order valence-electron chi connectivity index (χ0n) is 15.8. The first-order valence-electron chi connectivity index (χ1n) is 9.04. The van der Waals surface area contributed by atoms with Gasteiger partial charge < -0.3 is 10.1 Å². The number of hydrogen-bond acceptors (Lipinski definition) is 8. The highest BCUT2D eigenvalue weighted by atomic mass is 32.2. The molecule has 0 radical (unpaired) electrons. The lowest BCUT2D eigenvalue weighted by Crippen LogP contribution is -2.12. The number of carbonyl (C=O) groups excluding carboxylic acids is 2. The average Bonchev–Trinajstić information content (AvgIpc) is 3.15. The first-order valence-corrected chi connectivity index (χ1v) is 10.9. The zero-order valence-corrected chi connectivity index (χ0v) is 17.5. The Balaban J connectivity index is 1.46. The minimum absolute atomic E-state index is 0.105. The molecule has 0 bridgehead atoms. The first-order chi connectivity index (χ1) is 14.1. The molecule has 0 unspecified atom stereocenters. The summed E-state index contributed by atoms with van der Waals surface area (Å²) in [6, 6.07) is 11.8. The van der Waals surface area contributed by atoms with Crippen molar-refractivity contribution in [3.05, 3.63) is 53.8 Å². The Labute approximate surface area is 177 Å². The van der Waals surface area contributed by atoms with E-state index in [0.717, 1.165) is 16.3 Å². The van der Waals surface area contributed by atoms with Gasteiger partial charge in [0.2, 0.25) is 5.91 Å². The van der Waals surface area contributed by atoms with Crippen molar-refractivity contribution in [3.63, 3.8) is 0 Å². The van der Waals surface area contributed by atoms with Gasteiger partial charge in [0.1, 0.15) is 6.33 Å². The number of nitrogens with zero attached hydrogens (tertiary/aromatic N) is 3. The molecule has 29 heavy (non-hydrogen) atoms. The second-order valence-electron chi connectivity index (χ2n) is 5.88. The molecular weight excluding hydrogens is 408 g/mol. The summed E-state index contributed by atoms with van der Waals surface area (Å²) in [5, 5.41) is 5.80. The summed E-state index contributed by atoms with van der Waals surface area (Å²) in [5.74, 6) is 0.122. The van der Waals surface area contributed by atoms with Gasteiger partial charge >= 0.3 is 5.97 Å². The van der Waals surface area contributed by atoms with E-state index in [0.29, 0.717) is 29.6 Å². The van der Waals surface area contributed by atoms with Gasteiger partial charge in [0, 0.05) is 23.1 Å². The van der Waals surface area contributed by atoms with E-state index in [1.807, 2.05) is 36.4 Å². The summed E-state index contributed by atoms with van der Waals surface area (Å²) < 4.78 is 4.89. The topological polar surface area (TPSA) is 94.1 Å². The molecule has 0 aliphatic carbocycles. The molecular formula is C20H20N4O3S2. The van der Waals surface area contributed by atoms with Crippen LogP contribution in [0.3, 0.4) is 0 Å². The summed E-state index contributed by atoms with van der Waals surface area (Å²) >= 11 is 2.79. The maximum atomic E-state index is 12.1. The summed E-state index contributed by atoms with van der Waals surface area (Å²) in [6.45, 7) is 2.09. The number of esters is 1. The van der Waals surface area contributed by atoms with Crippen LogP contribution in [0.2, 0.25) is 0 Å². The molecule has 1 N–H and O–H groups in total. The first kappa shape index (κ1) is 20.9. The van der Waals surface area contributed by atoms with Crippen molar-refractivity contribution >= 4 is 40.1 Å². The minimum atomic E-state index is -0.327. The van der Waals surface area contributed by atoms with Gasteiger partial charge in [0.15, 0.2) is 5.13 Å². The third-order valence-corrected chi connectivity index (χ3v) is 5.45. The van der Waals surface area contributed by atoms with E-state index in [1.54, 1.807) is 12.3 Å². The van der Waals surface area contributed by atoms with E-state index < -0.39 is 0 Å². The molecule has 0 aliphatic rings. The molecule has 1 aromatic carbocycles. The zero-order chi connectivity index (χ0) is 20.5. The number of hydrogen-bond donors (Lipinski definition) is 1. The van der Waals surface area contributed by atoms with Crippen molar-refractivity contribution < 1.29 is 14.3 Å². The molecule has 0 aliphatic heterocycles. The molecule has 3 aromatic rings. The van der Waals surface area contributed by atoms with Crippen LogP contribution in [-0.2, 0) is 20.7 Å². The van der Waals surface area contributed by atoms with Crippen molar-refractivity contribution in [2.45, 2.75) is 24.8 Å². The number of amides is 1. The molecule has 2 aromatic heterocycles. The van der Waals surface area contributed by atoms with Crippen molar-refractivity contribution in [1.29, 1.82) is 0 Å². The summed E-state index contributed by atoms with van der Waals surface area (Å²) in [6.07, 6.45) is 1.96. The Morgan fingerprint density at radius 3 is 2.83 bits per heavy atom. The van der Waals surface area contributed by atoms with Gasteiger partial charge in [-0.05, 0) is 13.0 Å². The molecule has 0 fully saturated rings. The van der Waals surface area contributed by atoms with Crippen LogP contribution in [0.5, 0.6) is 0 Å². The molecule has 0 saturated heterocycles. The van der Waals surface area contributed by atoms with Crippen molar-refractivity contribution in [2.75, 3.05) is 17.7 Å². The van der Waals surface area contributed by atoms with E-state index in [2.05, 4.69) is 20.3 Å². The molecule has 2 heterocycles. The van der Waals surface area contributed by atoms with Crippen molar-refractivity contribution in [3.8, 4) is 11.3 Å². The van der Waals surface area contributed by atoms with Gasteiger partial charge in [-0.25, -0.2) is 15.0 Å². The smallest absolute Gasteiger partial charge is 0.311 e. The fraction of sp³-hybridized carbons (Fsp3) is 0.250. The minimum Gasteiger partial charge on any atom is -0.466 e. The Bertz CT molecular complexity index is 963. The number of thiazole rings is 1. The highest BCUT2D eigenvalue weighted by molar-refractivity contribution is 7.99. The van der Waals surface area contributed by atoms with E-state index in [1.165, 1.54) is 29.4 Å². The van der Waals surface area contributed by atoms with Gasteiger partial charge in [-0.15, -0.1) is 23.1 Å². The van der Waals surface area contributed by atoms with Crippen LogP contribution in [0.4, 0.5) is 5.13 Å². The van der Waals surface area contributed by atoms with E-state index >= 15 is 0 Å². The Morgan fingerprint density at radius 2 is 2.03 bits per heavy atom. The van der Waals surface area contributed by atoms with E-state index in [9.17, 15) is 9.59 Å². The second kappa shape index (κ2) is 10.7. The average molecular weight is 429 g/mol. The fourth-order valence-electron chi connectivity index (χ4n) is 2.42. The molecule has 150 valence electrons. The van der Waals surface area contributed by atoms with Gasteiger partial charge in [-0.1, -0.05) is 30.3 Å². The molecule has 1 amide bonds. The number of nitrogens with one attached hydrogen (secondary N) is 1. The predicted molar refractivity (Wildman–Crippen MR) is 114 cm³/mol. The third kappa shape index (κ3) is 6.65. The number of carbonyl (C=O) groups is 2. The highest BCUT2D eigenvalue weighted by Gasteiger charge is 2.11. The normalized spacial score (nSPS) is 10.5. The lowest BCUT2D eigenvalue weighted by molar-refractivity contribution is -0.142. The second-order valence-corrected chi connectivity index (χ2v) is 7.85. The Morgan fingerprint density at radius 1 is 1.21 bits per heavy atom. The molecule has 7 nitrogen and oxygen atoms in total. The molecule has 0 atom stereocenters. The van der Waals surface area contributed by atoms with Crippen LogP contribution in [0.15, 0.2) is 53.1 Å². The SMILES string of the molecule is CCOC(=O)Cc1csc(NC(=O)CCSc2cc(-c3ccccc3)ncn2)n1. The molecule has 0 saturated carbocycles. The standard InChI is InChI=1S/C20H20N4O3S2/c1-2-27-19(26)10-15-12-29-20(23-15)24-17(25)8-9-28-18-11-16(21-13-22-18)14-6-4-3-5-7-14/h3-7,11-13H,2,8-10H2,1H3,(H,23,24,25). The predicted octanol–water partition coefficient (Wildman–Crippen LogP) is 3.83. The number of benzene rings is 1.